The van der Waals surface area contributed by atoms with Crippen molar-refractivity contribution in [3.8, 4) is 43.8 Å². The van der Waals surface area contributed by atoms with Crippen molar-refractivity contribution in [2.24, 2.45) is 0 Å². The lowest BCUT2D eigenvalue weighted by molar-refractivity contribution is 0.0966. The lowest BCUT2D eigenvalue weighted by atomic mass is 10.0. The zero-order valence-electron chi connectivity index (χ0n) is 34.0. The second-order valence-corrected chi connectivity index (χ2v) is 15.4. The van der Waals surface area contributed by atoms with Crippen LogP contribution in [0, 0.1) is 0 Å². The molecule has 6 heterocycles. The molecule has 0 saturated carbocycles. The van der Waals surface area contributed by atoms with Crippen LogP contribution in [0.5, 0.6) is 0 Å². The number of anilines is 1. The van der Waals surface area contributed by atoms with Gasteiger partial charge in [0.15, 0.2) is 11.5 Å². The highest BCUT2D eigenvalue weighted by Crippen LogP contribution is 2.32. The number of halogens is 1. The van der Waals surface area contributed by atoms with E-state index in [1.807, 2.05) is 140 Å². The van der Waals surface area contributed by atoms with E-state index in [2.05, 4.69) is 45.2 Å². The van der Waals surface area contributed by atoms with Gasteiger partial charge < -0.3 is 14.6 Å². The number of benzene rings is 4. The number of nitrogens with two attached hydrogens (primary N) is 1. The number of nitrogen functional groups attached to an aromatic ring is 1. The second kappa shape index (κ2) is 24.5. The van der Waals surface area contributed by atoms with Crippen LogP contribution in [0.3, 0.4) is 0 Å². The van der Waals surface area contributed by atoms with Gasteiger partial charge in [-0.25, -0.2) is 9.97 Å². The van der Waals surface area contributed by atoms with Gasteiger partial charge in [-0.1, -0.05) is 98.4 Å². The van der Waals surface area contributed by atoms with Gasteiger partial charge in [-0.2, -0.15) is 25.3 Å². The Kier molecular flexibility index (Phi) is 18.6. The van der Waals surface area contributed by atoms with Crippen molar-refractivity contribution in [2.75, 3.05) is 18.2 Å². The summed E-state index contributed by atoms with van der Waals surface area (Å²) >= 11 is 15.6. The maximum Gasteiger partial charge on any atom is 0.287 e. The summed E-state index contributed by atoms with van der Waals surface area (Å²) < 4.78 is 13.2. The maximum absolute atomic E-state index is 12.7. The van der Waals surface area contributed by atoms with E-state index in [0.717, 1.165) is 64.0 Å². The topological polar surface area (TPSA) is 138 Å². The van der Waals surface area contributed by atoms with Crippen LogP contribution in [0.4, 0.5) is 5.69 Å². The zero-order chi connectivity index (χ0) is 44.6. The summed E-state index contributed by atoms with van der Waals surface area (Å²) in [5.41, 5.74) is 13.3. The van der Waals surface area contributed by atoms with Crippen molar-refractivity contribution in [2.45, 2.75) is 13.8 Å². The first-order valence-electron chi connectivity index (χ1n) is 19.2. The predicted molar refractivity (Wildman–Crippen MR) is 273 cm³/mol. The smallest absolute Gasteiger partial charge is 0.287 e. The van der Waals surface area contributed by atoms with Gasteiger partial charge in [0, 0.05) is 59.1 Å². The molecular weight excluding hydrogens is 898 g/mol. The number of ketones is 1. The molecule has 0 bridgehead atoms. The van der Waals surface area contributed by atoms with E-state index in [9.17, 15) is 9.59 Å². The summed E-state index contributed by atoms with van der Waals surface area (Å²) in [6, 6.07) is 45.7. The summed E-state index contributed by atoms with van der Waals surface area (Å²) in [6.45, 7) is 0. The van der Waals surface area contributed by atoms with Crippen molar-refractivity contribution in [3.05, 3.63) is 187 Å². The van der Waals surface area contributed by atoms with Crippen molar-refractivity contribution >= 4 is 96.7 Å². The van der Waals surface area contributed by atoms with Crippen LogP contribution in [0.25, 0.3) is 64.2 Å². The molecule has 0 aliphatic rings. The quantitative estimate of drug-likeness (QED) is 0.0588. The number of thiol groups is 2. The van der Waals surface area contributed by atoms with Crippen molar-refractivity contribution < 1.29 is 18.4 Å². The molecule has 0 amide bonds. The Morgan fingerprint density at radius 2 is 1.05 bits per heavy atom. The fourth-order valence-corrected chi connectivity index (χ4v) is 7.97. The highest BCUT2D eigenvalue weighted by molar-refractivity contribution is 7.79. The molecule has 0 unspecified atom stereocenters. The Balaban J connectivity index is 0.000000187. The first kappa shape index (κ1) is 48.7. The zero-order valence-corrected chi connectivity index (χ0v) is 38.1. The summed E-state index contributed by atoms with van der Waals surface area (Å²) in [6.07, 6.45) is 10.8. The van der Waals surface area contributed by atoms with E-state index in [1.165, 1.54) is 0 Å². The van der Waals surface area contributed by atoms with Gasteiger partial charge in [0.25, 0.3) is 5.24 Å². The molecule has 64 heavy (non-hydrogen) atoms. The number of rotatable bonds is 8. The minimum absolute atomic E-state index is 0. The highest BCUT2D eigenvalue weighted by atomic mass is 35.5. The molecule has 4 aromatic carbocycles. The molecule has 0 radical (unpaired) electrons. The Morgan fingerprint density at radius 1 is 0.578 bits per heavy atom. The third-order valence-electron chi connectivity index (χ3n) is 8.85. The number of carbonyl (C=O) groups excluding carboxylic acids is 2. The molecule has 324 valence electrons. The number of pyridine rings is 2. The third kappa shape index (κ3) is 12.9. The van der Waals surface area contributed by atoms with E-state index in [0.29, 0.717) is 17.3 Å². The van der Waals surface area contributed by atoms with Crippen LogP contribution in [0.2, 0.25) is 0 Å². The SMILES string of the molecule is C.CS.CS.Nc1cccc(-c2nc3ccncc3s2)c1.O=C(Cc1cccc(-c2nc3ccncc3s2)c1)c1ccc(-c2ccccc2)o1.O=C(Cl)c1ccc(-c2ccccc2)o1. The van der Waals surface area contributed by atoms with E-state index < -0.39 is 5.24 Å². The Bertz CT molecular complexity index is 2960. The van der Waals surface area contributed by atoms with Crippen LogP contribution >= 0.6 is 59.5 Å². The fraction of sp³-hybridized carbons (Fsp3) is 0.0800. The molecule has 9 nitrogen and oxygen atoms in total. The van der Waals surface area contributed by atoms with Gasteiger partial charge in [-0.05, 0) is 84.3 Å². The molecule has 0 aliphatic heterocycles. The molecule has 10 aromatic rings. The van der Waals surface area contributed by atoms with Gasteiger partial charge in [0.2, 0.25) is 5.78 Å². The molecule has 14 heteroatoms. The first-order valence-corrected chi connectivity index (χ1v) is 23.0. The molecular formula is C50H44ClN5O4S4. The molecule has 0 aliphatic carbocycles. The van der Waals surface area contributed by atoms with E-state index in [-0.39, 0.29) is 25.4 Å². The number of carbonyl (C=O) groups is 2. The maximum atomic E-state index is 12.7. The fourth-order valence-electron chi connectivity index (χ4n) is 6.01. The van der Waals surface area contributed by atoms with Gasteiger partial charge >= 0.3 is 0 Å². The molecule has 6 aromatic heterocycles. The normalized spacial score (nSPS) is 10.1. The van der Waals surface area contributed by atoms with Crippen LogP contribution < -0.4 is 5.73 Å². The minimum atomic E-state index is -0.577. The molecule has 10 rings (SSSR count). The second-order valence-electron chi connectivity index (χ2n) is 13.0. The summed E-state index contributed by atoms with van der Waals surface area (Å²) in [4.78, 5) is 40.9. The lowest BCUT2D eigenvalue weighted by Crippen LogP contribution is -2.02. The predicted octanol–water partition coefficient (Wildman–Crippen LogP) is 14.0. The van der Waals surface area contributed by atoms with Crippen LogP contribution in [-0.4, -0.2) is 43.5 Å². The number of Topliss-reactive ketones (excluding diaryl/α,β-unsaturated/α-hetero) is 1. The van der Waals surface area contributed by atoms with E-state index in [1.54, 1.807) is 65.8 Å². The first-order chi connectivity index (χ1) is 30.9. The van der Waals surface area contributed by atoms with Crippen molar-refractivity contribution in [1.82, 2.24) is 19.9 Å². The summed E-state index contributed by atoms with van der Waals surface area (Å²) in [7, 11) is 0. The number of fused-ring (bicyclic) bond motifs is 2. The minimum Gasteiger partial charge on any atom is -0.453 e. The molecule has 0 spiro atoms. The van der Waals surface area contributed by atoms with Crippen molar-refractivity contribution in [1.29, 1.82) is 0 Å². The van der Waals surface area contributed by atoms with E-state index in [4.69, 9.17) is 26.2 Å². The van der Waals surface area contributed by atoms with Gasteiger partial charge in [0.1, 0.15) is 21.5 Å². The van der Waals surface area contributed by atoms with Gasteiger partial charge in [-0.15, -0.1) is 22.7 Å². The molecule has 0 saturated heterocycles. The summed E-state index contributed by atoms with van der Waals surface area (Å²) in [5.74, 6) is 1.85. The number of thiazole rings is 2. The van der Waals surface area contributed by atoms with Gasteiger partial charge in [0.05, 0.1) is 20.4 Å². The number of hydrogen-bond donors (Lipinski definition) is 3. The average Bonchev–Trinajstić information content (AvgIpc) is 4.18. The third-order valence-corrected chi connectivity index (χ3v) is 11.1. The van der Waals surface area contributed by atoms with Crippen molar-refractivity contribution in [3.63, 3.8) is 0 Å². The molecule has 0 atom stereocenters. The number of furan rings is 2. The Morgan fingerprint density at radius 3 is 1.53 bits per heavy atom. The van der Waals surface area contributed by atoms with Gasteiger partial charge in [-0.3, -0.25) is 19.6 Å². The highest BCUT2D eigenvalue weighted by Gasteiger charge is 2.15. The van der Waals surface area contributed by atoms with Crippen LogP contribution in [0.15, 0.2) is 179 Å². The lowest BCUT2D eigenvalue weighted by Gasteiger charge is -2.02. The average molecular weight is 943 g/mol. The Labute approximate surface area is 395 Å². The monoisotopic (exact) mass is 941 g/mol. The standard InChI is InChI=1S/C24H16N2O2S.C12H9N3S.C11H7ClO2.2CH4S.CH4/c27-20(22-10-9-21(28-22)17-6-2-1-3-7-17)14-16-5-4-8-18(13-16)24-26-19-11-12-25-15-23(19)29-24;13-9-3-1-2-8(6-9)12-15-10-4-5-14-7-11(10)16-12;12-11(13)10-7-6-9(14-10)8-4-2-1-3-5-8;2*1-2;/h1-13,15H,14H2;1-7H,13H2;1-7H;2*2H,1H3;1H4. The number of nitrogens with zero attached hydrogens (tertiary/aromatic N) is 4. The number of aromatic nitrogens is 4. The Hall–Kier alpha value is -6.35. The van der Waals surface area contributed by atoms with E-state index >= 15 is 0 Å². The number of hydrogen-bond acceptors (Lipinski definition) is 13. The van der Waals surface area contributed by atoms with Crippen LogP contribution in [0.1, 0.15) is 34.1 Å². The molecule has 2 N–H and O–H groups in total. The van der Waals surface area contributed by atoms with Crippen LogP contribution in [-0.2, 0) is 6.42 Å². The molecule has 0 fully saturated rings. The largest absolute Gasteiger partial charge is 0.453 e. The summed E-state index contributed by atoms with van der Waals surface area (Å²) in [5, 5.41) is 1.33.